The Morgan fingerprint density at radius 2 is 1.86 bits per heavy atom. The summed E-state index contributed by atoms with van der Waals surface area (Å²) < 4.78 is 26.2. The van der Waals surface area contributed by atoms with Crippen LogP contribution in [-0.2, 0) is 21.2 Å². The quantitative estimate of drug-likeness (QED) is 0.857. The molecule has 1 atom stereocenters. The van der Waals surface area contributed by atoms with Crippen LogP contribution in [0.4, 0.5) is 0 Å². The molecule has 6 heteroatoms. The Labute approximate surface area is 126 Å². The second kappa shape index (κ2) is 7.04. The number of sulfonamides is 1. The fourth-order valence-corrected chi connectivity index (χ4v) is 3.27. The predicted molar refractivity (Wildman–Crippen MR) is 82.3 cm³/mol. The van der Waals surface area contributed by atoms with E-state index < -0.39 is 16.1 Å². The molecular weight excluding hydrogens is 288 g/mol. The molecule has 0 spiro atoms. The lowest BCUT2D eigenvalue weighted by atomic mass is 10.1. The van der Waals surface area contributed by atoms with Crippen LogP contribution in [0.15, 0.2) is 30.3 Å². The molecule has 1 aliphatic rings. The van der Waals surface area contributed by atoms with E-state index in [1.165, 1.54) is 0 Å². The molecule has 21 heavy (non-hydrogen) atoms. The van der Waals surface area contributed by atoms with Crippen molar-refractivity contribution in [3.05, 3.63) is 35.9 Å². The molecule has 1 N–H and O–H groups in total. The van der Waals surface area contributed by atoms with Crippen LogP contribution in [0.3, 0.4) is 0 Å². The lowest BCUT2D eigenvalue weighted by Crippen LogP contribution is -2.49. The highest BCUT2D eigenvalue weighted by Gasteiger charge is 2.29. The van der Waals surface area contributed by atoms with E-state index in [1.54, 1.807) is 11.8 Å². The van der Waals surface area contributed by atoms with Gasteiger partial charge >= 0.3 is 0 Å². The third kappa shape index (κ3) is 4.54. The summed E-state index contributed by atoms with van der Waals surface area (Å²) in [6, 6.07) is 8.78. The van der Waals surface area contributed by atoms with Crippen molar-refractivity contribution in [1.82, 2.24) is 9.62 Å². The third-order valence-electron chi connectivity index (χ3n) is 3.70. The summed E-state index contributed by atoms with van der Waals surface area (Å²) in [6.07, 6.45) is 2.37. The standard InChI is InChI=1S/C15H22N2O3S/c1-2-21(19,20)16-14(12-13-8-4-3-5-9-13)15(18)17-10-6-7-11-17/h3-5,8-9,14,16H,2,6-7,10-12H2,1H3. The molecule has 1 fully saturated rings. The van der Waals surface area contributed by atoms with Gasteiger partial charge in [-0.15, -0.1) is 0 Å². The average Bonchev–Trinajstić information content (AvgIpc) is 3.01. The minimum absolute atomic E-state index is 0.0223. The summed E-state index contributed by atoms with van der Waals surface area (Å²) in [5, 5.41) is 0. The van der Waals surface area contributed by atoms with Gasteiger partial charge < -0.3 is 4.90 Å². The van der Waals surface area contributed by atoms with Crippen LogP contribution in [0.2, 0.25) is 0 Å². The molecule has 0 aromatic heterocycles. The van der Waals surface area contributed by atoms with Crippen molar-refractivity contribution in [2.24, 2.45) is 0 Å². The van der Waals surface area contributed by atoms with Crippen molar-refractivity contribution in [3.8, 4) is 0 Å². The number of benzene rings is 1. The van der Waals surface area contributed by atoms with E-state index in [2.05, 4.69) is 4.72 Å². The molecule has 1 saturated heterocycles. The maximum atomic E-state index is 12.5. The first-order valence-corrected chi connectivity index (χ1v) is 9.00. The SMILES string of the molecule is CCS(=O)(=O)NC(Cc1ccccc1)C(=O)N1CCCC1. The Balaban J connectivity index is 2.15. The Hall–Kier alpha value is -1.40. The Morgan fingerprint density at radius 3 is 2.43 bits per heavy atom. The third-order valence-corrected chi connectivity index (χ3v) is 5.10. The van der Waals surface area contributed by atoms with Gasteiger partial charge in [0.25, 0.3) is 0 Å². The number of carbonyl (C=O) groups excluding carboxylic acids is 1. The Bertz CT molecular complexity index is 566. The maximum absolute atomic E-state index is 12.5. The van der Waals surface area contributed by atoms with Crippen LogP contribution in [-0.4, -0.2) is 44.1 Å². The lowest BCUT2D eigenvalue weighted by Gasteiger charge is -2.24. The van der Waals surface area contributed by atoms with E-state index in [0.717, 1.165) is 31.5 Å². The summed E-state index contributed by atoms with van der Waals surface area (Å²) in [4.78, 5) is 14.3. The molecule has 1 aromatic rings. The molecule has 1 amide bonds. The number of amides is 1. The molecule has 1 unspecified atom stereocenters. The fraction of sp³-hybridized carbons (Fsp3) is 0.533. The summed E-state index contributed by atoms with van der Waals surface area (Å²) in [7, 11) is -3.41. The number of rotatable bonds is 6. The molecule has 5 nitrogen and oxygen atoms in total. The first kappa shape index (κ1) is 16.0. The molecule has 2 rings (SSSR count). The average molecular weight is 310 g/mol. The predicted octanol–water partition coefficient (Wildman–Crippen LogP) is 1.16. The number of likely N-dealkylation sites (tertiary alicyclic amines) is 1. The van der Waals surface area contributed by atoms with Gasteiger partial charge in [-0.1, -0.05) is 30.3 Å². The van der Waals surface area contributed by atoms with Crippen LogP contribution < -0.4 is 4.72 Å². The van der Waals surface area contributed by atoms with E-state index in [0.29, 0.717) is 6.42 Å². The van der Waals surface area contributed by atoms with Crippen LogP contribution in [0.25, 0.3) is 0 Å². The van der Waals surface area contributed by atoms with Gasteiger partial charge in [-0.05, 0) is 31.7 Å². The molecule has 0 radical (unpaired) electrons. The van der Waals surface area contributed by atoms with Gasteiger partial charge in [-0.2, -0.15) is 0 Å². The van der Waals surface area contributed by atoms with Gasteiger partial charge in [-0.3, -0.25) is 4.79 Å². The minimum atomic E-state index is -3.41. The lowest BCUT2D eigenvalue weighted by molar-refractivity contribution is -0.131. The number of carbonyl (C=O) groups is 1. The first-order valence-electron chi connectivity index (χ1n) is 7.34. The highest BCUT2D eigenvalue weighted by molar-refractivity contribution is 7.89. The van der Waals surface area contributed by atoms with E-state index in [1.807, 2.05) is 30.3 Å². The van der Waals surface area contributed by atoms with Crippen molar-refractivity contribution < 1.29 is 13.2 Å². The van der Waals surface area contributed by atoms with Crippen LogP contribution in [0.5, 0.6) is 0 Å². The number of nitrogens with one attached hydrogen (secondary N) is 1. The van der Waals surface area contributed by atoms with Gasteiger partial charge in [0.2, 0.25) is 15.9 Å². The smallest absolute Gasteiger partial charge is 0.241 e. The van der Waals surface area contributed by atoms with Crippen molar-refractivity contribution in [3.63, 3.8) is 0 Å². The summed E-state index contributed by atoms with van der Waals surface area (Å²) >= 11 is 0. The van der Waals surface area contributed by atoms with Crippen molar-refractivity contribution in [2.75, 3.05) is 18.8 Å². The van der Waals surface area contributed by atoms with Crippen LogP contribution in [0, 0.1) is 0 Å². The molecule has 1 aromatic carbocycles. The molecule has 1 heterocycles. The molecule has 0 aliphatic carbocycles. The largest absolute Gasteiger partial charge is 0.341 e. The highest BCUT2D eigenvalue weighted by Crippen LogP contribution is 2.13. The topological polar surface area (TPSA) is 66.5 Å². The Kier molecular flexibility index (Phi) is 5.36. The van der Waals surface area contributed by atoms with Gasteiger partial charge in [-0.25, -0.2) is 13.1 Å². The summed E-state index contributed by atoms with van der Waals surface area (Å²) in [6.45, 7) is 3.01. The van der Waals surface area contributed by atoms with E-state index in [-0.39, 0.29) is 11.7 Å². The van der Waals surface area contributed by atoms with Crippen LogP contribution >= 0.6 is 0 Å². The van der Waals surface area contributed by atoms with Gasteiger partial charge in [0, 0.05) is 13.1 Å². The zero-order valence-corrected chi connectivity index (χ0v) is 13.1. The van der Waals surface area contributed by atoms with E-state index in [4.69, 9.17) is 0 Å². The second-order valence-corrected chi connectivity index (χ2v) is 7.34. The first-order chi connectivity index (χ1) is 10.0. The van der Waals surface area contributed by atoms with Crippen LogP contribution in [0.1, 0.15) is 25.3 Å². The summed E-state index contributed by atoms with van der Waals surface area (Å²) in [5.41, 5.74) is 0.953. The molecule has 0 bridgehead atoms. The van der Waals surface area contributed by atoms with E-state index in [9.17, 15) is 13.2 Å². The van der Waals surface area contributed by atoms with Crippen molar-refractivity contribution >= 4 is 15.9 Å². The Morgan fingerprint density at radius 1 is 1.24 bits per heavy atom. The normalized spacial score (nSPS) is 16.9. The minimum Gasteiger partial charge on any atom is -0.341 e. The molecule has 1 aliphatic heterocycles. The fourth-order valence-electron chi connectivity index (χ4n) is 2.49. The maximum Gasteiger partial charge on any atom is 0.241 e. The van der Waals surface area contributed by atoms with Crippen molar-refractivity contribution in [2.45, 2.75) is 32.2 Å². The number of hydrogen-bond acceptors (Lipinski definition) is 3. The number of hydrogen-bond donors (Lipinski definition) is 1. The van der Waals surface area contributed by atoms with Gasteiger partial charge in [0.05, 0.1) is 5.75 Å². The van der Waals surface area contributed by atoms with E-state index >= 15 is 0 Å². The van der Waals surface area contributed by atoms with Crippen molar-refractivity contribution in [1.29, 1.82) is 0 Å². The van der Waals surface area contributed by atoms with Gasteiger partial charge in [0.15, 0.2) is 0 Å². The zero-order chi connectivity index (χ0) is 15.3. The highest BCUT2D eigenvalue weighted by atomic mass is 32.2. The molecular formula is C15H22N2O3S. The molecule has 116 valence electrons. The molecule has 0 saturated carbocycles. The second-order valence-electron chi connectivity index (χ2n) is 5.30. The summed E-state index contributed by atoms with van der Waals surface area (Å²) in [5.74, 6) is -0.139. The number of nitrogens with zero attached hydrogens (tertiary/aromatic N) is 1. The zero-order valence-electron chi connectivity index (χ0n) is 12.3. The van der Waals surface area contributed by atoms with Gasteiger partial charge in [0.1, 0.15) is 6.04 Å². The monoisotopic (exact) mass is 310 g/mol.